The second-order valence-electron chi connectivity index (χ2n) is 5.45. The van der Waals surface area contributed by atoms with E-state index < -0.39 is 0 Å². The number of amides is 1. The van der Waals surface area contributed by atoms with Crippen molar-refractivity contribution in [1.29, 1.82) is 0 Å². The molecule has 0 heterocycles. The number of rotatable bonds is 8. The van der Waals surface area contributed by atoms with Gasteiger partial charge in [-0.15, -0.1) is 0 Å². The lowest BCUT2D eigenvalue weighted by Gasteiger charge is -2.16. The number of carbonyl (C=O) groups is 1. The molecule has 0 aliphatic heterocycles. The molecular weight excluding hydrogens is 324 g/mol. The van der Waals surface area contributed by atoms with Gasteiger partial charge in [-0.05, 0) is 31.5 Å². The monoisotopic (exact) mass is 348 g/mol. The molecule has 0 saturated carbocycles. The summed E-state index contributed by atoms with van der Waals surface area (Å²) in [5, 5.41) is 2.96. The first-order valence-corrected chi connectivity index (χ1v) is 8.12. The third kappa shape index (κ3) is 6.22. The second-order valence-corrected chi connectivity index (χ2v) is 5.45. The lowest BCUT2D eigenvalue weighted by molar-refractivity contribution is -0.888. The standard InChI is InChI=1S/C19H24N2O2.ClH/c1-3-21(4-2)14-19(22)20-17-12-8-9-13-18(17)23-15-16-10-6-5-7-11-16;/h5-13H,3-4,14-15H2,1-2H3,(H,20,22);1H. The molecule has 2 aromatic rings. The largest absolute Gasteiger partial charge is 1.00 e. The Bertz CT molecular complexity index is 616. The summed E-state index contributed by atoms with van der Waals surface area (Å²) < 4.78 is 5.86. The highest BCUT2D eigenvalue weighted by molar-refractivity contribution is 5.92. The molecule has 0 atom stereocenters. The Labute approximate surface area is 150 Å². The molecule has 0 spiro atoms. The Morgan fingerprint density at radius 2 is 1.62 bits per heavy atom. The van der Waals surface area contributed by atoms with Gasteiger partial charge in [0, 0.05) is 0 Å². The SMILES string of the molecule is CC[NH+](CC)CC(=O)Nc1ccccc1OCc1ccccc1.[Cl-]. The van der Waals surface area contributed by atoms with Gasteiger partial charge >= 0.3 is 0 Å². The van der Waals surface area contributed by atoms with Gasteiger partial charge in [0.05, 0.1) is 18.8 Å². The van der Waals surface area contributed by atoms with E-state index in [1.165, 1.54) is 4.90 Å². The van der Waals surface area contributed by atoms with Crippen LogP contribution in [0, 0.1) is 0 Å². The molecule has 2 aromatic carbocycles. The van der Waals surface area contributed by atoms with Crippen LogP contribution in [0.2, 0.25) is 0 Å². The van der Waals surface area contributed by atoms with Gasteiger partial charge in [-0.2, -0.15) is 0 Å². The minimum absolute atomic E-state index is 0. The quantitative estimate of drug-likeness (QED) is 0.651. The molecule has 0 saturated heterocycles. The first-order valence-electron chi connectivity index (χ1n) is 8.12. The van der Waals surface area contributed by atoms with Gasteiger partial charge in [-0.25, -0.2) is 0 Å². The fourth-order valence-corrected chi connectivity index (χ4v) is 2.35. The molecule has 1 amide bonds. The van der Waals surface area contributed by atoms with E-state index in [1.807, 2.05) is 54.6 Å². The zero-order chi connectivity index (χ0) is 16.5. The first-order chi connectivity index (χ1) is 11.2. The summed E-state index contributed by atoms with van der Waals surface area (Å²) in [6.07, 6.45) is 0. The number of nitrogens with one attached hydrogen (secondary N) is 2. The highest BCUT2D eigenvalue weighted by Gasteiger charge is 2.13. The van der Waals surface area contributed by atoms with Crippen molar-refractivity contribution in [3.63, 3.8) is 0 Å². The number of likely N-dealkylation sites (N-methyl/N-ethyl adjacent to an activating group) is 1. The minimum Gasteiger partial charge on any atom is -1.00 e. The molecule has 2 N–H and O–H groups in total. The van der Waals surface area contributed by atoms with E-state index >= 15 is 0 Å². The van der Waals surface area contributed by atoms with Crippen LogP contribution >= 0.6 is 0 Å². The van der Waals surface area contributed by atoms with E-state index in [0.717, 1.165) is 24.3 Å². The smallest absolute Gasteiger partial charge is 0.279 e. The molecule has 0 aliphatic carbocycles. The van der Waals surface area contributed by atoms with Crippen molar-refractivity contribution in [2.75, 3.05) is 25.0 Å². The second kappa shape index (κ2) is 10.7. The molecule has 0 fully saturated rings. The number of benzene rings is 2. The van der Waals surface area contributed by atoms with Crippen LogP contribution < -0.4 is 27.4 Å². The van der Waals surface area contributed by atoms with Crippen molar-refractivity contribution in [1.82, 2.24) is 0 Å². The molecule has 130 valence electrons. The molecular formula is C19H25ClN2O2. The number of carbonyl (C=O) groups excluding carboxylic acids is 1. The van der Waals surface area contributed by atoms with Crippen LogP contribution in [0.15, 0.2) is 54.6 Å². The maximum Gasteiger partial charge on any atom is 0.279 e. The number of hydrogen-bond donors (Lipinski definition) is 2. The van der Waals surface area contributed by atoms with Gasteiger partial charge in [-0.1, -0.05) is 42.5 Å². The maximum absolute atomic E-state index is 12.2. The normalized spacial score (nSPS) is 10.1. The van der Waals surface area contributed by atoms with Gasteiger partial charge in [0.25, 0.3) is 5.91 Å². The van der Waals surface area contributed by atoms with E-state index in [-0.39, 0.29) is 18.3 Å². The van der Waals surface area contributed by atoms with E-state index in [9.17, 15) is 4.79 Å². The third-order valence-electron chi connectivity index (χ3n) is 3.81. The van der Waals surface area contributed by atoms with Crippen molar-refractivity contribution in [2.24, 2.45) is 0 Å². The Hall–Kier alpha value is -2.04. The molecule has 2 rings (SSSR count). The Kier molecular flexibility index (Phi) is 8.90. The minimum atomic E-state index is 0. The highest BCUT2D eigenvalue weighted by Crippen LogP contribution is 2.24. The number of hydrogen-bond acceptors (Lipinski definition) is 2. The predicted molar refractivity (Wildman–Crippen MR) is 92.8 cm³/mol. The topological polar surface area (TPSA) is 42.8 Å². The predicted octanol–water partition coefficient (Wildman–Crippen LogP) is -0.867. The highest BCUT2D eigenvalue weighted by atomic mass is 35.5. The van der Waals surface area contributed by atoms with Crippen LogP contribution in [-0.4, -0.2) is 25.5 Å². The average molecular weight is 349 g/mol. The van der Waals surface area contributed by atoms with Gasteiger partial charge in [0.2, 0.25) is 0 Å². The zero-order valence-corrected chi connectivity index (χ0v) is 15.0. The van der Waals surface area contributed by atoms with Gasteiger partial charge in [0.1, 0.15) is 12.4 Å². The molecule has 5 heteroatoms. The Balaban J connectivity index is 0.00000288. The molecule has 0 unspecified atom stereocenters. The summed E-state index contributed by atoms with van der Waals surface area (Å²) >= 11 is 0. The van der Waals surface area contributed by atoms with Crippen molar-refractivity contribution < 1.29 is 26.8 Å². The Morgan fingerprint density at radius 1 is 1.00 bits per heavy atom. The lowest BCUT2D eigenvalue weighted by atomic mass is 10.2. The molecule has 0 radical (unpaired) electrons. The average Bonchev–Trinajstić information content (AvgIpc) is 2.60. The van der Waals surface area contributed by atoms with Crippen molar-refractivity contribution >= 4 is 11.6 Å². The van der Waals surface area contributed by atoms with Crippen LogP contribution in [0.25, 0.3) is 0 Å². The number of anilines is 1. The van der Waals surface area contributed by atoms with E-state index in [0.29, 0.717) is 18.9 Å². The number of para-hydroxylation sites is 2. The van der Waals surface area contributed by atoms with E-state index in [2.05, 4.69) is 19.2 Å². The fraction of sp³-hybridized carbons (Fsp3) is 0.316. The van der Waals surface area contributed by atoms with E-state index in [4.69, 9.17) is 4.74 Å². The maximum atomic E-state index is 12.2. The molecule has 4 nitrogen and oxygen atoms in total. The van der Waals surface area contributed by atoms with Crippen LogP contribution in [-0.2, 0) is 11.4 Å². The third-order valence-corrected chi connectivity index (χ3v) is 3.81. The summed E-state index contributed by atoms with van der Waals surface area (Å²) in [5.74, 6) is 0.707. The van der Waals surface area contributed by atoms with E-state index in [1.54, 1.807) is 0 Å². The van der Waals surface area contributed by atoms with Gasteiger partial charge < -0.3 is 27.4 Å². The lowest BCUT2D eigenvalue weighted by Crippen LogP contribution is -3.12. The summed E-state index contributed by atoms with van der Waals surface area (Å²) in [4.78, 5) is 13.4. The van der Waals surface area contributed by atoms with Crippen molar-refractivity contribution in [3.05, 3.63) is 60.2 Å². The van der Waals surface area contributed by atoms with Crippen LogP contribution in [0.1, 0.15) is 19.4 Å². The van der Waals surface area contributed by atoms with Crippen LogP contribution in [0.3, 0.4) is 0 Å². The summed E-state index contributed by atoms with van der Waals surface area (Å²) in [5.41, 5.74) is 1.82. The first kappa shape index (κ1) is 20.0. The number of quaternary nitrogens is 1. The summed E-state index contributed by atoms with van der Waals surface area (Å²) in [6, 6.07) is 17.5. The van der Waals surface area contributed by atoms with Gasteiger partial charge in [-0.3, -0.25) is 4.79 Å². The zero-order valence-electron chi connectivity index (χ0n) is 14.2. The van der Waals surface area contributed by atoms with Crippen molar-refractivity contribution in [3.8, 4) is 5.75 Å². The van der Waals surface area contributed by atoms with Crippen LogP contribution in [0.4, 0.5) is 5.69 Å². The molecule has 0 bridgehead atoms. The summed E-state index contributed by atoms with van der Waals surface area (Å²) in [6.45, 7) is 7.01. The number of ether oxygens (including phenoxy) is 1. The summed E-state index contributed by atoms with van der Waals surface area (Å²) in [7, 11) is 0. The fourth-order valence-electron chi connectivity index (χ4n) is 2.35. The molecule has 24 heavy (non-hydrogen) atoms. The van der Waals surface area contributed by atoms with Crippen molar-refractivity contribution in [2.45, 2.75) is 20.5 Å². The number of halogens is 1. The molecule has 0 aliphatic rings. The Morgan fingerprint density at radius 3 is 2.29 bits per heavy atom. The van der Waals surface area contributed by atoms with Crippen LogP contribution in [0.5, 0.6) is 5.75 Å². The molecule has 0 aromatic heterocycles. The van der Waals surface area contributed by atoms with Gasteiger partial charge in [0.15, 0.2) is 6.54 Å².